The second-order valence-corrected chi connectivity index (χ2v) is 5.52. The van der Waals surface area contributed by atoms with E-state index < -0.39 is 0 Å². The minimum atomic E-state index is 0.0412. The molecule has 0 bridgehead atoms. The average Bonchev–Trinajstić information content (AvgIpc) is 1.59. The third-order valence-corrected chi connectivity index (χ3v) is 2.95. The van der Waals surface area contributed by atoms with Gasteiger partial charge in [0.05, 0.1) is 7.35 Å². The molecule has 0 atom stereocenters. The van der Waals surface area contributed by atoms with E-state index in [0.29, 0.717) is 0 Å². The Morgan fingerprint density at radius 3 is 2.22 bits per heavy atom. The summed E-state index contributed by atoms with van der Waals surface area (Å²) >= 11 is 0.0412. The molecule has 0 fully saturated rings. The van der Waals surface area contributed by atoms with Crippen molar-refractivity contribution in [3.8, 4) is 0 Å². The van der Waals surface area contributed by atoms with E-state index in [4.69, 9.17) is 0 Å². The van der Waals surface area contributed by atoms with Gasteiger partial charge >= 0.3 is 0 Å². The number of amidine groups is 1. The highest BCUT2D eigenvalue weighted by Crippen LogP contribution is 2.10. The van der Waals surface area contributed by atoms with E-state index in [1.165, 1.54) is 7.35 Å². The highest BCUT2D eigenvalue weighted by molar-refractivity contribution is 14.2. The smallest absolute Gasteiger partial charge is 0.126 e. The standard InChI is InChI=1S/C6H9IN2/c1-4-7-5(2)9-6(3)8-4/h1-3H3. The van der Waals surface area contributed by atoms with Gasteiger partial charge in [0.25, 0.3) is 0 Å². The lowest BCUT2D eigenvalue weighted by molar-refractivity contribution is 1.52. The molecule has 0 aromatic carbocycles. The maximum atomic E-state index is 4.23. The number of hydrogen-bond acceptors (Lipinski definition) is 2. The van der Waals surface area contributed by atoms with Gasteiger partial charge in [0.1, 0.15) is 5.84 Å². The van der Waals surface area contributed by atoms with Gasteiger partial charge in [-0.05, 0) is 41.5 Å². The summed E-state index contributed by atoms with van der Waals surface area (Å²) in [4.78, 5) is 8.46. The minimum Gasteiger partial charge on any atom is -0.232 e. The van der Waals surface area contributed by atoms with Crippen molar-refractivity contribution in [1.29, 1.82) is 0 Å². The molecule has 0 aliphatic carbocycles. The highest BCUT2D eigenvalue weighted by atomic mass is 127. The van der Waals surface area contributed by atoms with Crippen molar-refractivity contribution in [1.82, 2.24) is 0 Å². The minimum absolute atomic E-state index is 0.0412. The lowest BCUT2D eigenvalue weighted by Crippen LogP contribution is -1.99. The van der Waals surface area contributed by atoms with Gasteiger partial charge in [-0.1, -0.05) is 0 Å². The second kappa shape index (κ2) is 2.68. The molecule has 1 heterocycles. The molecule has 9 heavy (non-hydrogen) atoms. The van der Waals surface area contributed by atoms with Crippen LogP contribution in [0.2, 0.25) is 0 Å². The van der Waals surface area contributed by atoms with Crippen LogP contribution < -0.4 is 0 Å². The normalized spacial score (nSPS) is 19.2. The molecule has 0 saturated carbocycles. The van der Waals surface area contributed by atoms with Crippen LogP contribution in [-0.4, -0.2) is 13.2 Å². The Morgan fingerprint density at radius 2 is 1.78 bits per heavy atom. The fourth-order valence-corrected chi connectivity index (χ4v) is 2.78. The van der Waals surface area contributed by atoms with E-state index in [1.807, 2.05) is 6.92 Å². The average molecular weight is 236 g/mol. The molecule has 2 nitrogen and oxygen atoms in total. The van der Waals surface area contributed by atoms with Crippen LogP contribution in [0.15, 0.2) is 9.98 Å². The molecule has 50 valence electrons. The topological polar surface area (TPSA) is 24.7 Å². The lowest BCUT2D eigenvalue weighted by Gasteiger charge is -2.00. The van der Waals surface area contributed by atoms with Crippen molar-refractivity contribution in [2.24, 2.45) is 9.98 Å². The number of aliphatic imine (C=N–C) groups is 2. The number of hydrogen-bond donors (Lipinski definition) is 0. The Kier molecular flexibility index (Phi) is 2.10. The molecular formula is C6H9IN2. The first kappa shape index (κ1) is 7.05. The molecule has 0 aromatic heterocycles. The molecule has 0 radical (unpaired) electrons. The SMILES string of the molecule is CC1=NC(C)=IC(C)=N1. The molecule has 0 spiro atoms. The summed E-state index contributed by atoms with van der Waals surface area (Å²) in [6.07, 6.45) is 0. The fraction of sp³-hybridized carbons (Fsp3) is 0.500. The fourth-order valence-electron chi connectivity index (χ4n) is 0.711. The van der Waals surface area contributed by atoms with Gasteiger partial charge in [0.15, 0.2) is 0 Å². The monoisotopic (exact) mass is 236 g/mol. The van der Waals surface area contributed by atoms with Crippen LogP contribution in [0.4, 0.5) is 0 Å². The Labute approximate surface area is 64.8 Å². The van der Waals surface area contributed by atoms with E-state index in [9.17, 15) is 0 Å². The third-order valence-electron chi connectivity index (χ3n) is 0.905. The van der Waals surface area contributed by atoms with E-state index in [1.54, 1.807) is 0 Å². The molecule has 0 saturated heterocycles. The molecule has 1 aliphatic rings. The summed E-state index contributed by atoms with van der Waals surface area (Å²) < 4.78 is 2.55. The van der Waals surface area contributed by atoms with Crippen LogP contribution in [0.5, 0.6) is 0 Å². The quantitative estimate of drug-likeness (QED) is 0.574. The Bertz CT molecular complexity index is 167. The van der Waals surface area contributed by atoms with Gasteiger partial charge in [-0.3, -0.25) is 0 Å². The van der Waals surface area contributed by atoms with E-state index in [2.05, 4.69) is 23.8 Å². The Balaban J connectivity index is 2.98. The zero-order chi connectivity index (χ0) is 6.85. The first-order valence-electron chi connectivity index (χ1n) is 2.77. The summed E-state index contributed by atoms with van der Waals surface area (Å²) in [7, 11) is 0. The summed E-state index contributed by atoms with van der Waals surface area (Å²) in [5.41, 5.74) is 0. The Morgan fingerprint density at radius 1 is 1.11 bits per heavy atom. The summed E-state index contributed by atoms with van der Waals surface area (Å²) in [6.45, 7) is 6.10. The molecule has 1 aliphatic heterocycles. The van der Waals surface area contributed by atoms with Crippen molar-refractivity contribution in [2.75, 3.05) is 0 Å². The lowest BCUT2D eigenvalue weighted by atomic mass is 10.6. The van der Waals surface area contributed by atoms with Crippen molar-refractivity contribution in [2.45, 2.75) is 20.8 Å². The third kappa shape index (κ3) is 1.97. The predicted molar refractivity (Wildman–Crippen MR) is 50.9 cm³/mol. The van der Waals surface area contributed by atoms with Crippen LogP contribution in [-0.2, 0) is 0 Å². The van der Waals surface area contributed by atoms with E-state index in [0.717, 1.165) is 5.84 Å². The maximum absolute atomic E-state index is 4.23. The van der Waals surface area contributed by atoms with Gasteiger partial charge in [-0.15, -0.1) is 0 Å². The zero-order valence-electron chi connectivity index (χ0n) is 5.77. The second-order valence-electron chi connectivity index (χ2n) is 1.86. The van der Waals surface area contributed by atoms with Crippen LogP contribution in [0, 0.1) is 0 Å². The van der Waals surface area contributed by atoms with Crippen molar-refractivity contribution >= 4 is 33.9 Å². The molecule has 0 unspecified atom stereocenters. The molecule has 0 N–H and O–H groups in total. The van der Waals surface area contributed by atoms with Crippen LogP contribution in [0.3, 0.4) is 0 Å². The molecule has 0 amide bonds. The van der Waals surface area contributed by atoms with Gasteiger partial charge in [0.2, 0.25) is 0 Å². The van der Waals surface area contributed by atoms with Crippen molar-refractivity contribution < 1.29 is 0 Å². The zero-order valence-corrected chi connectivity index (χ0v) is 7.93. The summed E-state index contributed by atoms with van der Waals surface area (Å²) in [6, 6.07) is 0. The maximum Gasteiger partial charge on any atom is 0.126 e. The molecule has 3 heteroatoms. The number of rotatable bonds is 0. The summed E-state index contributed by atoms with van der Waals surface area (Å²) in [5.74, 6) is 0.913. The van der Waals surface area contributed by atoms with E-state index in [-0.39, 0.29) is 20.7 Å². The van der Waals surface area contributed by atoms with Gasteiger partial charge in [-0.25, -0.2) is 9.98 Å². The predicted octanol–water partition coefficient (Wildman–Crippen LogP) is 1.96. The van der Waals surface area contributed by atoms with Crippen molar-refractivity contribution in [3.63, 3.8) is 0 Å². The van der Waals surface area contributed by atoms with Crippen LogP contribution in [0.25, 0.3) is 0 Å². The van der Waals surface area contributed by atoms with Gasteiger partial charge < -0.3 is 0 Å². The van der Waals surface area contributed by atoms with Gasteiger partial charge in [-0.2, -0.15) is 0 Å². The highest BCUT2D eigenvalue weighted by Gasteiger charge is 1.97. The summed E-state index contributed by atoms with van der Waals surface area (Å²) in [5, 5.41) is 0. The molecular weight excluding hydrogens is 227 g/mol. The number of halogens is 1. The van der Waals surface area contributed by atoms with Crippen molar-refractivity contribution in [3.05, 3.63) is 0 Å². The van der Waals surface area contributed by atoms with Gasteiger partial charge in [0, 0.05) is 0 Å². The molecule has 0 aromatic rings. The largest absolute Gasteiger partial charge is 0.232 e. The van der Waals surface area contributed by atoms with E-state index >= 15 is 0 Å². The first-order valence-corrected chi connectivity index (χ1v) is 4.93. The Hall–Kier alpha value is -0.0600. The number of nitrogens with zero attached hydrogens (tertiary/aromatic N) is 2. The first-order chi connectivity index (χ1) is 4.18. The molecule has 1 rings (SSSR count). The van der Waals surface area contributed by atoms with Crippen LogP contribution in [0.1, 0.15) is 20.8 Å². The van der Waals surface area contributed by atoms with Crippen LogP contribution >= 0.6 is 20.7 Å².